The summed E-state index contributed by atoms with van der Waals surface area (Å²) in [5, 5.41) is 21.0. The number of fused-ring (bicyclic) bond motifs is 1. The van der Waals surface area contributed by atoms with Gasteiger partial charge >= 0.3 is 5.97 Å². The predicted molar refractivity (Wildman–Crippen MR) is 94.1 cm³/mol. The lowest BCUT2D eigenvalue weighted by molar-refractivity contribution is 0.0697. The van der Waals surface area contributed by atoms with Crippen LogP contribution in [0.4, 0.5) is 0 Å². The van der Waals surface area contributed by atoms with Crippen LogP contribution in [0.2, 0.25) is 0 Å². The quantitative estimate of drug-likeness (QED) is 0.623. The minimum Gasteiger partial charge on any atom is -0.478 e. The normalized spacial score (nSPS) is 12.4. The van der Waals surface area contributed by atoms with Crippen LogP contribution in [0.5, 0.6) is 0 Å². The molecule has 2 aromatic carbocycles. The number of aryl methyl sites for hydroxylation is 1. The van der Waals surface area contributed by atoms with Crippen LogP contribution in [0.25, 0.3) is 10.9 Å². The van der Waals surface area contributed by atoms with Crippen molar-refractivity contribution in [1.82, 2.24) is 15.5 Å². The molecule has 0 aliphatic heterocycles. The molecule has 3 N–H and O–H groups in total. The lowest BCUT2D eigenvalue weighted by Crippen LogP contribution is -2.26. The first-order valence-electron chi connectivity index (χ1n) is 8.11. The number of hydrogen-bond donors (Lipinski definition) is 3. The van der Waals surface area contributed by atoms with Crippen LogP contribution in [0, 0.1) is 0 Å². The van der Waals surface area contributed by atoms with E-state index in [-0.39, 0.29) is 0 Å². The largest absolute Gasteiger partial charge is 0.478 e. The molecule has 0 fully saturated rings. The maximum atomic E-state index is 10.8. The molecule has 1 aromatic heterocycles. The molecule has 0 aliphatic rings. The zero-order valence-electron chi connectivity index (χ0n) is 13.6. The van der Waals surface area contributed by atoms with E-state index in [2.05, 4.69) is 28.5 Å². The number of H-pyrrole nitrogens is 1. The molecule has 24 heavy (non-hydrogen) atoms. The van der Waals surface area contributed by atoms with Gasteiger partial charge in [-0.15, -0.1) is 0 Å². The highest BCUT2D eigenvalue weighted by Gasteiger charge is 2.08. The van der Waals surface area contributed by atoms with E-state index in [0.717, 1.165) is 30.5 Å². The van der Waals surface area contributed by atoms with Gasteiger partial charge in [-0.2, -0.15) is 5.10 Å². The fraction of sp³-hybridized carbons (Fsp3) is 0.263. The van der Waals surface area contributed by atoms with E-state index < -0.39 is 5.97 Å². The molecule has 0 spiro atoms. The van der Waals surface area contributed by atoms with Crippen molar-refractivity contribution < 1.29 is 9.90 Å². The van der Waals surface area contributed by atoms with Crippen molar-refractivity contribution in [3.63, 3.8) is 0 Å². The van der Waals surface area contributed by atoms with Crippen LogP contribution in [0.15, 0.2) is 48.5 Å². The van der Waals surface area contributed by atoms with Gasteiger partial charge in [-0.3, -0.25) is 5.10 Å². The Labute approximate surface area is 140 Å². The summed E-state index contributed by atoms with van der Waals surface area (Å²) in [4.78, 5) is 10.8. The highest BCUT2D eigenvalue weighted by atomic mass is 16.4. The summed E-state index contributed by atoms with van der Waals surface area (Å²) < 4.78 is 0. The molecule has 5 nitrogen and oxygen atoms in total. The van der Waals surface area contributed by atoms with E-state index in [0.29, 0.717) is 11.6 Å². The van der Waals surface area contributed by atoms with Crippen molar-refractivity contribution in [2.45, 2.75) is 32.4 Å². The molecule has 5 heteroatoms. The van der Waals surface area contributed by atoms with Crippen molar-refractivity contribution >= 4 is 16.9 Å². The van der Waals surface area contributed by atoms with Gasteiger partial charge in [0.05, 0.1) is 11.1 Å². The van der Waals surface area contributed by atoms with Gasteiger partial charge in [-0.05, 0) is 43.5 Å². The number of carboxylic acid groups (broad SMARTS) is 1. The Morgan fingerprint density at radius 3 is 2.71 bits per heavy atom. The molecule has 3 rings (SSSR count). The summed E-state index contributed by atoms with van der Waals surface area (Å²) in [5.74, 6) is -0.894. The third-order valence-electron chi connectivity index (χ3n) is 4.22. The van der Waals surface area contributed by atoms with Crippen LogP contribution in [0.1, 0.15) is 35.0 Å². The summed E-state index contributed by atoms with van der Waals surface area (Å²) in [7, 11) is 0. The van der Waals surface area contributed by atoms with E-state index >= 15 is 0 Å². The average Bonchev–Trinajstić information content (AvgIpc) is 3.01. The monoisotopic (exact) mass is 323 g/mol. The number of hydrogen-bond acceptors (Lipinski definition) is 3. The van der Waals surface area contributed by atoms with Gasteiger partial charge in [0.2, 0.25) is 0 Å². The Kier molecular flexibility index (Phi) is 4.91. The van der Waals surface area contributed by atoms with Crippen molar-refractivity contribution in [3.05, 3.63) is 65.4 Å². The number of aromatic amines is 1. The Bertz CT molecular complexity index is 824. The number of para-hydroxylation sites is 1. The number of rotatable bonds is 7. The van der Waals surface area contributed by atoms with Gasteiger partial charge in [0, 0.05) is 23.7 Å². The smallest absolute Gasteiger partial charge is 0.335 e. The lowest BCUT2D eigenvalue weighted by atomic mass is 10.1. The van der Waals surface area contributed by atoms with E-state index in [4.69, 9.17) is 5.11 Å². The maximum absolute atomic E-state index is 10.8. The Balaban J connectivity index is 1.50. The standard InChI is InChI=1S/C19H21N3O2/c1-13(20-12-14-7-9-15(10-8-14)19(23)24)6-11-18-16-4-2-3-5-17(16)21-22-18/h2-5,7-10,13,20H,6,11-12H2,1H3,(H,21,22)(H,23,24). The summed E-state index contributed by atoms with van der Waals surface area (Å²) in [6.45, 7) is 2.88. The number of aromatic carboxylic acids is 1. The molecule has 0 saturated carbocycles. The number of carboxylic acids is 1. The van der Waals surface area contributed by atoms with Crippen LogP contribution < -0.4 is 5.32 Å². The van der Waals surface area contributed by atoms with Crippen LogP contribution >= 0.6 is 0 Å². The molecule has 124 valence electrons. The third kappa shape index (κ3) is 3.81. The van der Waals surface area contributed by atoms with E-state index in [1.54, 1.807) is 12.1 Å². The molecule has 1 unspecified atom stereocenters. The highest BCUT2D eigenvalue weighted by Crippen LogP contribution is 2.17. The first-order chi connectivity index (χ1) is 11.6. The number of carbonyl (C=O) groups is 1. The second-order valence-electron chi connectivity index (χ2n) is 6.04. The molecule has 1 heterocycles. The van der Waals surface area contributed by atoms with Crippen LogP contribution in [-0.2, 0) is 13.0 Å². The fourth-order valence-corrected chi connectivity index (χ4v) is 2.72. The second-order valence-corrected chi connectivity index (χ2v) is 6.04. The minimum absolute atomic E-state index is 0.318. The Hall–Kier alpha value is -2.66. The number of nitrogens with zero attached hydrogens (tertiary/aromatic N) is 1. The molecule has 0 bridgehead atoms. The Morgan fingerprint density at radius 2 is 1.96 bits per heavy atom. The molecule has 1 atom stereocenters. The summed E-state index contributed by atoms with van der Waals surface area (Å²) in [5.41, 5.74) is 3.58. The molecular formula is C19H21N3O2. The van der Waals surface area contributed by atoms with Gasteiger partial charge in [0.1, 0.15) is 0 Å². The summed E-state index contributed by atoms with van der Waals surface area (Å²) in [6, 6.07) is 15.5. The SMILES string of the molecule is CC(CCc1[nH]nc2ccccc12)NCc1ccc(C(=O)O)cc1. The van der Waals surface area contributed by atoms with E-state index in [9.17, 15) is 4.79 Å². The van der Waals surface area contributed by atoms with Gasteiger partial charge < -0.3 is 10.4 Å². The molecule has 0 saturated heterocycles. The van der Waals surface area contributed by atoms with Gasteiger partial charge in [0.15, 0.2) is 0 Å². The number of nitrogens with one attached hydrogen (secondary N) is 2. The molecule has 0 amide bonds. The van der Waals surface area contributed by atoms with Gasteiger partial charge in [0.25, 0.3) is 0 Å². The lowest BCUT2D eigenvalue weighted by Gasteiger charge is -2.13. The fourth-order valence-electron chi connectivity index (χ4n) is 2.72. The molecular weight excluding hydrogens is 302 g/mol. The molecule has 3 aromatic rings. The van der Waals surface area contributed by atoms with Crippen LogP contribution in [0.3, 0.4) is 0 Å². The third-order valence-corrected chi connectivity index (χ3v) is 4.22. The number of benzene rings is 2. The predicted octanol–water partition coefficient (Wildman–Crippen LogP) is 3.37. The average molecular weight is 323 g/mol. The van der Waals surface area contributed by atoms with E-state index in [1.165, 1.54) is 11.1 Å². The highest BCUT2D eigenvalue weighted by molar-refractivity contribution is 5.87. The van der Waals surface area contributed by atoms with Gasteiger partial charge in [-0.25, -0.2) is 4.79 Å². The van der Waals surface area contributed by atoms with Crippen molar-refractivity contribution in [2.24, 2.45) is 0 Å². The van der Waals surface area contributed by atoms with Crippen LogP contribution in [-0.4, -0.2) is 27.3 Å². The first kappa shape index (κ1) is 16.2. The second kappa shape index (κ2) is 7.27. The topological polar surface area (TPSA) is 78.0 Å². The maximum Gasteiger partial charge on any atom is 0.335 e. The zero-order valence-corrected chi connectivity index (χ0v) is 13.6. The minimum atomic E-state index is -0.894. The first-order valence-corrected chi connectivity index (χ1v) is 8.11. The summed E-state index contributed by atoms with van der Waals surface area (Å²) in [6.07, 6.45) is 1.94. The molecule has 0 radical (unpaired) electrons. The number of aromatic nitrogens is 2. The van der Waals surface area contributed by atoms with Crippen molar-refractivity contribution in [1.29, 1.82) is 0 Å². The summed E-state index contributed by atoms with van der Waals surface area (Å²) >= 11 is 0. The van der Waals surface area contributed by atoms with Crippen molar-refractivity contribution in [3.8, 4) is 0 Å². The zero-order chi connectivity index (χ0) is 16.9. The van der Waals surface area contributed by atoms with E-state index in [1.807, 2.05) is 30.3 Å². The van der Waals surface area contributed by atoms with Gasteiger partial charge in [-0.1, -0.05) is 30.3 Å². The Morgan fingerprint density at radius 1 is 1.21 bits per heavy atom. The van der Waals surface area contributed by atoms with Crippen molar-refractivity contribution in [2.75, 3.05) is 0 Å². The molecule has 0 aliphatic carbocycles.